The van der Waals surface area contributed by atoms with Crippen LogP contribution in [0.2, 0.25) is 0 Å². The zero-order valence-corrected chi connectivity index (χ0v) is 25.1. The fourth-order valence-electron chi connectivity index (χ4n) is 4.66. The number of esters is 2. The van der Waals surface area contributed by atoms with Crippen molar-refractivity contribution in [3.05, 3.63) is 66.3 Å². The van der Waals surface area contributed by atoms with Crippen LogP contribution in [0.4, 0.5) is 20.2 Å². The van der Waals surface area contributed by atoms with Gasteiger partial charge in [0.25, 0.3) is 0 Å². The molecule has 38 heavy (non-hydrogen) atoms. The highest BCUT2D eigenvalue weighted by atomic mass is 127. The second-order valence-corrected chi connectivity index (χ2v) is 11.6. The highest BCUT2D eigenvalue weighted by molar-refractivity contribution is 14.1. The Kier molecular flexibility index (Phi) is 9.15. The first-order chi connectivity index (χ1) is 18.0. The van der Waals surface area contributed by atoms with Crippen molar-refractivity contribution in [3.8, 4) is 0 Å². The Hall–Kier alpha value is -2.04. The molecule has 0 saturated heterocycles. The van der Waals surface area contributed by atoms with E-state index in [1.807, 2.05) is 55.0 Å². The summed E-state index contributed by atoms with van der Waals surface area (Å²) in [6, 6.07) is 6.47. The summed E-state index contributed by atoms with van der Waals surface area (Å²) in [6.45, 7) is 4.47. The van der Waals surface area contributed by atoms with E-state index < -0.39 is 36.5 Å². The molecule has 2 aromatic carbocycles. The molecule has 2 aliphatic rings. The van der Waals surface area contributed by atoms with E-state index in [0.717, 1.165) is 34.7 Å². The molecule has 2 unspecified atom stereocenters. The molecule has 12 heteroatoms. The van der Waals surface area contributed by atoms with Crippen molar-refractivity contribution >= 4 is 68.5 Å². The number of hydrogen-bond donors (Lipinski definition) is 2. The molecule has 8 nitrogen and oxygen atoms in total. The van der Waals surface area contributed by atoms with E-state index in [1.165, 1.54) is 12.1 Å². The Bertz CT molecular complexity index is 1180. The number of carbonyl (C=O) groups is 2. The summed E-state index contributed by atoms with van der Waals surface area (Å²) in [5.41, 5.74) is 16.0. The van der Waals surface area contributed by atoms with Gasteiger partial charge in [-0.2, -0.15) is 0 Å². The molecule has 204 valence electrons. The number of halogens is 4. The lowest BCUT2D eigenvalue weighted by atomic mass is 10.1. The lowest BCUT2D eigenvalue weighted by molar-refractivity contribution is -0.146. The normalized spacial score (nSPS) is 17.7. The predicted molar refractivity (Wildman–Crippen MR) is 157 cm³/mol. The van der Waals surface area contributed by atoms with Crippen LogP contribution in [-0.2, 0) is 31.9 Å². The molecule has 2 aliphatic heterocycles. The van der Waals surface area contributed by atoms with Crippen molar-refractivity contribution in [1.29, 1.82) is 0 Å². The van der Waals surface area contributed by atoms with E-state index in [1.54, 1.807) is 26.0 Å². The van der Waals surface area contributed by atoms with Gasteiger partial charge < -0.3 is 30.7 Å². The van der Waals surface area contributed by atoms with Gasteiger partial charge in [-0.05, 0) is 107 Å². The van der Waals surface area contributed by atoms with E-state index in [-0.39, 0.29) is 11.6 Å². The number of nitrogens with two attached hydrogens (primary N) is 2. The van der Waals surface area contributed by atoms with Crippen LogP contribution >= 0.6 is 45.2 Å². The molecule has 0 aliphatic carbocycles. The summed E-state index contributed by atoms with van der Waals surface area (Å²) in [7, 11) is 0. The minimum Gasteiger partial charge on any atom is -0.456 e. The molecule has 0 radical (unpaired) electrons. The Morgan fingerprint density at radius 3 is 1.55 bits per heavy atom. The van der Waals surface area contributed by atoms with Gasteiger partial charge in [0.1, 0.15) is 36.2 Å². The second-order valence-electron chi connectivity index (χ2n) is 9.28. The number of rotatable bonds is 8. The maximum atomic E-state index is 13.9. The third-order valence-electron chi connectivity index (χ3n) is 6.75. The number of fused-ring (bicyclic) bond motifs is 2. The fraction of sp³-hybridized carbons (Fsp3) is 0.385. The van der Waals surface area contributed by atoms with E-state index in [2.05, 4.69) is 0 Å². The molecule has 4 atom stereocenters. The first-order valence-corrected chi connectivity index (χ1v) is 14.2. The molecular formula is C26H28F2I2N4O4. The molecule has 4 N–H and O–H groups in total. The second kappa shape index (κ2) is 12.0. The molecule has 0 fully saturated rings. The molecule has 2 heterocycles. The fourth-order valence-corrected chi connectivity index (χ4v) is 5.56. The minimum atomic E-state index is -0.750. The monoisotopic (exact) mass is 752 g/mol. The lowest BCUT2D eigenvalue weighted by Crippen LogP contribution is -2.50. The van der Waals surface area contributed by atoms with E-state index in [9.17, 15) is 18.4 Å². The molecule has 2 aromatic rings. The quantitative estimate of drug-likeness (QED) is 0.240. The summed E-state index contributed by atoms with van der Waals surface area (Å²) in [4.78, 5) is 28.4. The van der Waals surface area contributed by atoms with Crippen molar-refractivity contribution in [2.45, 2.75) is 51.2 Å². The number of nitrogens with zero attached hydrogens (tertiary/aromatic N) is 2. The highest BCUT2D eigenvalue weighted by Gasteiger charge is 2.31. The highest BCUT2D eigenvalue weighted by Crippen LogP contribution is 2.34. The maximum Gasteiger partial charge on any atom is 0.331 e. The zero-order valence-electron chi connectivity index (χ0n) is 20.8. The predicted octanol–water partition coefficient (Wildman–Crippen LogP) is 3.59. The van der Waals surface area contributed by atoms with Crippen LogP contribution in [0.1, 0.15) is 25.0 Å². The van der Waals surface area contributed by atoms with Crippen LogP contribution in [-0.4, -0.2) is 49.6 Å². The van der Waals surface area contributed by atoms with Gasteiger partial charge in [0.2, 0.25) is 0 Å². The van der Waals surface area contributed by atoms with E-state index in [0.29, 0.717) is 33.1 Å². The molecule has 0 amide bonds. The van der Waals surface area contributed by atoms with E-state index in [4.69, 9.17) is 20.9 Å². The molecule has 0 spiro atoms. The van der Waals surface area contributed by atoms with Gasteiger partial charge in [-0.25, -0.2) is 18.4 Å². The van der Waals surface area contributed by atoms with Crippen molar-refractivity contribution in [3.63, 3.8) is 0 Å². The van der Waals surface area contributed by atoms with Crippen molar-refractivity contribution in [2.75, 3.05) is 22.9 Å². The number of ether oxygens (including phenoxy) is 2. The van der Waals surface area contributed by atoms with Crippen LogP contribution in [0.15, 0.2) is 36.4 Å². The maximum absolute atomic E-state index is 13.9. The van der Waals surface area contributed by atoms with Gasteiger partial charge in [0.15, 0.2) is 0 Å². The average Bonchev–Trinajstić information content (AvgIpc) is 3.46. The molecule has 0 saturated carbocycles. The smallest absolute Gasteiger partial charge is 0.331 e. The first-order valence-electron chi connectivity index (χ1n) is 12.1. The van der Waals surface area contributed by atoms with Crippen LogP contribution in [0.3, 0.4) is 0 Å². The average molecular weight is 752 g/mol. The topological polar surface area (TPSA) is 111 Å². The van der Waals surface area contributed by atoms with Gasteiger partial charge in [-0.15, -0.1) is 0 Å². The Labute approximate surface area is 247 Å². The molecular weight excluding hydrogens is 724 g/mol. The van der Waals surface area contributed by atoms with Gasteiger partial charge in [-0.1, -0.05) is 0 Å². The van der Waals surface area contributed by atoms with Gasteiger partial charge in [0.05, 0.1) is 7.14 Å². The molecule has 0 aromatic heterocycles. The lowest BCUT2D eigenvalue weighted by Gasteiger charge is -2.31. The van der Waals surface area contributed by atoms with Crippen LogP contribution < -0.4 is 21.3 Å². The molecule has 4 rings (SSSR count). The van der Waals surface area contributed by atoms with Crippen LogP contribution in [0, 0.1) is 18.8 Å². The zero-order chi connectivity index (χ0) is 27.7. The van der Waals surface area contributed by atoms with Gasteiger partial charge in [-0.3, -0.25) is 0 Å². The Morgan fingerprint density at radius 1 is 0.816 bits per heavy atom. The SMILES string of the molecule is CC(OC(=O)/C=C/C(=O)OC(C)[C@@H](N)N1CCc2cc(F)c(I)cc21)[C@@H](N)N1CCc2cc(F)c(I)cc21. The third-order valence-corrected chi connectivity index (χ3v) is 8.40. The van der Waals surface area contributed by atoms with Crippen molar-refractivity contribution < 1.29 is 27.8 Å². The van der Waals surface area contributed by atoms with Crippen LogP contribution in [0.5, 0.6) is 0 Å². The molecule has 0 bridgehead atoms. The van der Waals surface area contributed by atoms with Gasteiger partial charge in [0, 0.05) is 36.6 Å². The summed E-state index contributed by atoms with van der Waals surface area (Å²) < 4.78 is 39.5. The Balaban J connectivity index is 1.29. The number of hydrogen-bond acceptors (Lipinski definition) is 8. The first kappa shape index (κ1) is 29.0. The third kappa shape index (κ3) is 6.23. The standard InChI is InChI=1S/C26H28F2I2N4O4/c1-13(25(31)33-7-5-15-9-17(27)19(29)11-21(15)33)37-23(35)3-4-24(36)38-14(2)26(32)34-8-6-16-10-18(28)20(30)12-22(16)34/h3-4,9-14,25-26H,5-8,31-32H2,1-2H3/b4-3+/t13?,14?,25-,26-/m0/s1. The summed E-state index contributed by atoms with van der Waals surface area (Å²) in [6.07, 6.45) is 0.538. The number of anilines is 2. The van der Waals surface area contributed by atoms with Gasteiger partial charge >= 0.3 is 11.9 Å². The largest absolute Gasteiger partial charge is 0.456 e. The number of carbonyl (C=O) groups excluding carboxylic acids is 2. The number of benzene rings is 2. The summed E-state index contributed by atoms with van der Waals surface area (Å²) in [5.74, 6) is -2.05. The summed E-state index contributed by atoms with van der Waals surface area (Å²) in [5, 5.41) is 0. The van der Waals surface area contributed by atoms with Crippen LogP contribution in [0.25, 0.3) is 0 Å². The Morgan fingerprint density at radius 2 is 1.18 bits per heavy atom. The van der Waals surface area contributed by atoms with E-state index >= 15 is 0 Å². The summed E-state index contributed by atoms with van der Waals surface area (Å²) >= 11 is 3.85. The van der Waals surface area contributed by atoms with Crippen molar-refractivity contribution in [1.82, 2.24) is 0 Å². The minimum absolute atomic E-state index is 0.276. The van der Waals surface area contributed by atoms with Crippen molar-refractivity contribution in [2.24, 2.45) is 11.5 Å².